The van der Waals surface area contributed by atoms with Crippen molar-refractivity contribution in [3.05, 3.63) is 45.1 Å². The number of ketones is 1. The zero-order valence-corrected chi connectivity index (χ0v) is 17.7. The molecule has 0 bridgehead atoms. The maximum absolute atomic E-state index is 13.0. The maximum Gasteiger partial charge on any atom is 0.162 e. The number of rotatable bonds is 0. The van der Waals surface area contributed by atoms with Crippen LogP contribution in [-0.4, -0.2) is 17.0 Å². The second-order valence-electron chi connectivity index (χ2n) is 9.06. The van der Waals surface area contributed by atoms with E-state index in [4.69, 9.17) is 9.47 Å². The first-order valence-electron chi connectivity index (χ1n) is 9.94. The molecule has 2 aliphatic carbocycles. The van der Waals surface area contributed by atoms with E-state index in [1.165, 1.54) is 5.57 Å². The minimum atomic E-state index is -0.356. The van der Waals surface area contributed by atoms with Gasteiger partial charge >= 0.3 is 0 Å². The number of benzene rings is 1. The van der Waals surface area contributed by atoms with Crippen molar-refractivity contribution in [1.29, 1.82) is 0 Å². The Morgan fingerprint density at radius 3 is 2.78 bits per heavy atom. The molecule has 0 radical (unpaired) electrons. The van der Waals surface area contributed by atoms with Crippen molar-refractivity contribution < 1.29 is 14.3 Å². The fraction of sp³-hybridized carbons (Fsp3) is 0.522. The Hall–Kier alpha value is -1.55. The van der Waals surface area contributed by atoms with Gasteiger partial charge in [0.25, 0.3) is 0 Å². The highest BCUT2D eigenvalue weighted by molar-refractivity contribution is 9.10. The predicted molar refractivity (Wildman–Crippen MR) is 108 cm³/mol. The van der Waals surface area contributed by atoms with Crippen molar-refractivity contribution in [2.45, 2.75) is 64.1 Å². The molecule has 4 aliphatic rings. The minimum Gasteiger partial charge on any atom is -0.491 e. The van der Waals surface area contributed by atoms with E-state index in [-0.39, 0.29) is 22.9 Å². The van der Waals surface area contributed by atoms with Crippen LogP contribution in [0.5, 0.6) is 5.75 Å². The van der Waals surface area contributed by atoms with Crippen molar-refractivity contribution in [3.8, 4) is 5.75 Å². The van der Waals surface area contributed by atoms with Gasteiger partial charge < -0.3 is 9.47 Å². The predicted octanol–water partition coefficient (Wildman–Crippen LogP) is 5.83. The van der Waals surface area contributed by atoms with E-state index in [1.807, 2.05) is 12.1 Å². The average molecular weight is 429 g/mol. The Morgan fingerprint density at radius 1 is 1.15 bits per heavy atom. The summed E-state index contributed by atoms with van der Waals surface area (Å²) < 4.78 is 14.0. The van der Waals surface area contributed by atoms with Crippen LogP contribution >= 0.6 is 15.9 Å². The average Bonchev–Trinajstić information content (AvgIpc) is 2.59. The lowest BCUT2D eigenvalue weighted by molar-refractivity contribution is -0.123. The van der Waals surface area contributed by atoms with Crippen LogP contribution in [-0.2, 0) is 9.53 Å². The zero-order valence-electron chi connectivity index (χ0n) is 16.1. The first kappa shape index (κ1) is 17.5. The summed E-state index contributed by atoms with van der Waals surface area (Å²) in [6, 6.07) is 6.16. The van der Waals surface area contributed by atoms with Crippen molar-refractivity contribution in [3.63, 3.8) is 0 Å². The summed E-state index contributed by atoms with van der Waals surface area (Å²) in [5, 5.41) is 0. The third-order valence-corrected chi connectivity index (χ3v) is 7.39. The van der Waals surface area contributed by atoms with E-state index in [0.717, 1.165) is 52.8 Å². The van der Waals surface area contributed by atoms with Crippen molar-refractivity contribution in [2.24, 2.45) is 11.8 Å². The smallest absolute Gasteiger partial charge is 0.162 e. The van der Waals surface area contributed by atoms with E-state index < -0.39 is 0 Å². The third-order valence-electron chi connectivity index (χ3n) is 6.90. The number of carbonyl (C=O) groups excluding carboxylic acids is 1. The fourth-order valence-corrected chi connectivity index (χ4v) is 5.94. The van der Waals surface area contributed by atoms with Crippen LogP contribution in [0.4, 0.5) is 0 Å². The second kappa shape index (κ2) is 5.73. The largest absolute Gasteiger partial charge is 0.491 e. The number of allylic oxidation sites excluding steroid dienone is 2. The standard InChI is InChI=1S/C23H25BrO3/c1-22(2)15-9-10-23(3)16(12-13-11-14(24)7-8-18(13)27-23)20(15)21-17(25)5-4-6-19(21)26-22/h7-8,11-12,15,20H,4-6,9-10H2,1-3H3/t15-,20-,23+/m1/s1. The highest BCUT2D eigenvalue weighted by atomic mass is 79.9. The van der Waals surface area contributed by atoms with E-state index >= 15 is 0 Å². The van der Waals surface area contributed by atoms with Gasteiger partial charge in [-0.05, 0) is 69.9 Å². The summed E-state index contributed by atoms with van der Waals surface area (Å²) in [6.45, 7) is 6.56. The van der Waals surface area contributed by atoms with Gasteiger partial charge in [0.1, 0.15) is 22.7 Å². The number of halogens is 1. The van der Waals surface area contributed by atoms with Gasteiger partial charge in [-0.2, -0.15) is 0 Å². The van der Waals surface area contributed by atoms with Gasteiger partial charge in [-0.3, -0.25) is 4.79 Å². The van der Waals surface area contributed by atoms with Gasteiger partial charge in [0.2, 0.25) is 0 Å². The Morgan fingerprint density at radius 2 is 1.96 bits per heavy atom. The quantitative estimate of drug-likeness (QED) is 0.521. The topological polar surface area (TPSA) is 35.5 Å². The first-order chi connectivity index (χ1) is 12.8. The van der Waals surface area contributed by atoms with Gasteiger partial charge in [-0.1, -0.05) is 15.9 Å². The molecule has 0 N–H and O–H groups in total. The number of hydrogen-bond donors (Lipinski definition) is 0. The molecule has 27 heavy (non-hydrogen) atoms. The molecule has 0 aromatic heterocycles. The lowest BCUT2D eigenvalue weighted by Gasteiger charge is -2.55. The Balaban J connectivity index is 1.72. The molecule has 1 saturated carbocycles. The fourth-order valence-electron chi connectivity index (χ4n) is 5.56. The van der Waals surface area contributed by atoms with Crippen LogP contribution in [0.25, 0.3) is 6.08 Å². The molecule has 1 aromatic rings. The van der Waals surface area contributed by atoms with Crippen LogP contribution in [0.2, 0.25) is 0 Å². The Bertz CT molecular complexity index is 910. The number of hydrogen-bond acceptors (Lipinski definition) is 3. The molecule has 5 rings (SSSR count). The lowest BCUT2D eigenvalue weighted by Crippen LogP contribution is -2.55. The molecule has 1 fully saturated rings. The molecule has 1 aromatic carbocycles. The van der Waals surface area contributed by atoms with Crippen molar-refractivity contribution in [1.82, 2.24) is 0 Å². The summed E-state index contributed by atoms with van der Waals surface area (Å²) in [5.74, 6) is 2.53. The van der Waals surface area contributed by atoms with Crippen molar-refractivity contribution >= 4 is 27.8 Å². The van der Waals surface area contributed by atoms with Crippen molar-refractivity contribution in [2.75, 3.05) is 0 Å². The third kappa shape index (κ3) is 2.55. The monoisotopic (exact) mass is 428 g/mol. The highest BCUT2D eigenvalue weighted by Crippen LogP contribution is 2.57. The van der Waals surface area contributed by atoms with Crippen LogP contribution in [0, 0.1) is 11.8 Å². The van der Waals surface area contributed by atoms with E-state index in [0.29, 0.717) is 12.3 Å². The lowest BCUT2D eigenvalue weighted by atomic mass is 9.58. The van der Waals surface area contributed by atoms with Gasteiger partial charge in [-0.25, -0.2) is 0 Å². The molecular formula is C23H25BrO3. The van der Waals surface area contributed by atoms with Gasteiger partial charge in [0, 0.05) is 40.3 Å². The SMILES string of the molecule is CC1(C)OC2=C(C(=O)CCC2)[C@H]2C3=Cc4cc(Br)ccc4O[C@@]3(C)CC[C@H]21. The number of carbonyl (C=O) groups is 1. The first-order valence-corrected chi connectivity index (χ1v) is 10.7. The molecule has 2 heterocycles. The zero-order chi connectivity index (χ0) is 19.0. The molecule has 3 nitrogen and oxygen atoms in total. The number of fused-ring (bicyclic) bond motifs is 5. The molecule has 0 saturated heterocycles. The normalized spacial score (nSPS) is 33.6. The summed E-state index contributed by atoms with van der Waals surface area (Å²) in [5.41, 5.74) is 2.66. The van der Waals surface area contributed by atoms with Crippen LogP contribution < -0.4 is 4.74 Å². The molecule has 4 heteroatoms. The van der Waals surface area contributed by atoms with Crippen LogP contribution in [0.1, 0.15) is 58.4 Å². The molecule has 3 atom stereocenters. The molecule has 0 amide bonds. The van der Waals surface area contributed by atoms with Gasteiger partial charge in [0.05, 0.1) is 0 Å². The van der Waals surface area contributed by atoms with Gasteiger partial charge in [-0.15, -0.1) is 0 Å². The van der Waals surface area contributed by atoms with E-state index in [1.54, 1.807) is 0 Å². The summed E-state index contributed by atoms with van der Waals surface area (Å²) in [4.78, 5) is 13.0. The minimum absolute atomic E-state index is 0.0995. The van der Waals surface area contributed by atoms with Gasteiger partial charge in [0.15, 0.2) is 5.78 Å². The maximum atomic E-state index is 13.0. The Labute approximate surface area is 168 Å². The van der Waals surface area contributed by atoms with E-state index in [9.17, 15) is 4.79 Å². The van der Waals surface area contributed by atoms with Crippen LogP contribution in [0.3, 0.4) is 0 Å². The summed E-state index contributed by atoms with van der Waals surface area (Å²) >= 11 is 3.58. The molecule has 142 valence electrons. The van der Waals surface area contributed by atoms with E-state index in [2.05, 4.69) is 48.8 Å². The molecule has 0 spiro atoms. The summed E-state index contributed by atoms with van der Waals surface area (Å²) in [6.07, 6.45) is 6.64. The molecule has 0 unspecified atom stereocenters. The second-order valence-corrected chi connectivity index (χ2v) is 9.97. The Kier molecular flexibility index (Phi) is 3.72. The highest BCUT2D eigenvalue weighted by Gasteiger charge is 2.56. The van der Waals surface area contributed by atoms with Crippen LogP contribution in [0.15, 0.2) is 39.6 Å². The summed E-state index contributed by atoms with van der Waals surface area (Å²) in [7, 11) is 0. The molecule has 2 aliphatic heterocycles. The molecular weight excluding hydrogens is 404 g/mol. The number of ether oxygens (including phenoxy) is 2. The number of Topliss-reactive ketones (excluding diaryl/α,β-unsaturated/α-hetero) is 1.